The first-order valence-electron chi connectivity index (χ1n) is 5.51. The molecule has 1 aromatic rings. The van der Waals surface area contributed by atoms with Crippen molar-refractivity contribution in [1.82, 2.24) is 8.43 Å². The topological polar surface area (TPSA) is 15.3 Å². The van der Waals surface area contributed by atoms with E-state index < -0.39 is 0 Å². The van der Waals surface area contributed by atoms with Crippen LogP contribution >= 0.6 is 22.9 Å². The Bertz CT molecular complexity index is 281. The fraction of sp³-hybridized carbons (Fsp3) is 0.500. The minimum Gasteiger partial charge on any atom is -0.299 e. The van der Waals surface area contributed by atoms with E-state index in [1.807, 2.05) is 0 Å². The zero-order valence-electron chi connectivity index (χ0n) is 8.82. The van der Waals surface area contributed by atoms with Gasteiger partial charge in [0.05, 0.1) is 0 Å². The maximum atomic E-state index is 3.33. The average Bonchev–Trinajstić information content (AvgIpc) is 2.31. The van der Waals surface area contributed by atoms with Crippen LogP contribution in [0.3, 0.4) is 0 Å². The molecule has 0 amide bonds. The first-order valence-corrected chi connectivity index (χ1v) is 6.59. The van der Waals surface area contributed by atoms with Crippen molar-refractivity contribution in [1.29, 1.82) is 0 Å². The van der Waals surface area contributed by atoms with Gasteiger partial charge in [-0.2, -0.15) is 0 Å². The standard InChI is InChI=1S/C12H17IN2/c13-14-12-6-8-15(9-7-12)10-11-4-2-1-3-5-11/h1-5,12,14H,6-10H2. The fourth-order valence-electron chi connectivity index (χ4n) is 2.04. The van der Waals surface area contributed by atoms with Crippen LogP contribution in [0.15, 0.2) is 30.3 Å². The van der Waals surface area contributed by atoms with Crippen molar-refractivity contribution in [3.05, 3.63) is 35.9 Å². The van der Waals surface area contributed by atoms with Gasteiger partial charge in [0, 0.05) is 35.5 Å². The zero-order chi connectivity index (χ0) is 10.5. The lowest BCUT2D eigenvalue weighted by Crippen LogP contribution is -2.39. The first-order chi connectivity index (χ1) is 7.38. The van der Waals surface area contributed by atoms with E-state index in [9.17, 15) is 0 Å². The molecule has 1 saturated heterocycles. The molecule has 1 N–H and O–H groups in total. The van der Waals surface area contributed by atoms with Gasteiger partial charge >= 0.3 is 0 Å². The van der Waals surface area contributed by atoms with Crippen LogP contribution in [0.1, 0.15) is 18.4 Å². The second-order valence-electron chi connectivity index (χ2n) is 4.15. The number of nitrogens with zero attached hydrogens (tertiary/aromatic N) is 1. The molecule has 1 aromatic carbocycles. The number of hydrogen-bond acceptors (Lipinski definition) is 2. The number of halogens is 1. The van der Waals surface area contributed by atoms with Crippen molar-refractivity contribution in [2.45, 2.75) is 25.4 Å². The predicted molar refractivity (Wildman–Crippen MR) is 71.9 cm³/mol. The molecule has 1 heterocycles. The summed E-state index contributed by atoms with van der Waals surface area (Å²) in [6, 6.07) is 11.5. The Morgan fingerprint density at radius 3 is 2.47 bits per heavy atom. The number of benzene rings is 1. The van der Waals surface area contributed by atoms with Gasteiger partial charge in [-0.1, -0.05) is 30.3 Å². The van der Waals surface area contributed by atoms with Gasteiger partial charge in [-0.15, -0.1) is 0 Å². The summed E-state index contributed by atoms with van der Waals surface area (Å²) in [5.74, 6) is 0. The molecule has 1 aliphatic heterocycles. The molecule has 0 aromatic heterocycles. The maximum Gasteiger partial charge on any atom is 0.0233 e. The summed E-state index contributed by atoms with van der Waals surface area (Å²) in [5, 5.41) is 0. The van der Waals surface area contributed by atoms with Crippen LogP contribution in [-0.2, 0) is 6.54 Å². The quantitative estimate of drug-likeness (QED) is 0.681. The van der Waals surface area contributed by atoms with Crippen molar-refractivity contribution in [2.75, 3.05) is 13.1 Å². The largest absolute Gasteiger partial charge is 0.299 e. The number of likely N-dealkylation sites (tertiary alicyclic amines) is 1. The smallest absolute Gasteiger partial charge is 0.0233 e. The van der Waals surface area contributed by atoms with E-state index >= 15 is 0 Å². The fourth-order valence-corrected chi connectivity index (χ4v) is 2.66. The van der Waals surface area contributed by atoms with E-state index in [1.54, 1.807) is 0 Å². The molecule has 82 valence electrons. The van der Waals surface area contributed by atoms with Crippen LogP contribution in [0.25, 0.3) is 0 Å². The number of hydrogen-bond donors (Lipinski definition) is 1. The summed E-state index contributed by atoms with van der Waals surface area (Å²) < 4.78 is 3.33. The SMILES string of the molecule is INC1CCN(Cc2ccccc2)CC1. The molecule has 0 saturated carbocycles. The molecule has 0 spiro atoms. The van der Waals surface area contributed by atoms with Gasteiger partial charge in [-0.3, -0.25) is 8.43 Å². The lowest BCUT2D eigenvalue weighted by Gasteiger charge is -2.31. The zero-order valence-corrected chi connectivity index (χ0v) is 11.0. The third-order valence-corrected chi connectivity index (χ3v) is 3.87. The third kappa shape index (κ3) is 3.43. The molecule has 0 unspecified atom stereocenters. The highest BCUT2D eigenvalue weighted by Crippen LogP contribution is 2.14. The molecule has 0 atom stereocenters. The normalized spacial score (nSPS) is 19.3. The monoisotopic (exact) mass is 316 g/mol. The van der Waals surface area contributed by atoms with E-state index in [4.69, 9.17) is 0 Å². The molecule has 2 nitrogen and oxygen atoms in total. The van der Waals surface area contributed by atoms with Gasteiger partial charge in [-0.25, -0.2) is 0 Å². The summed E-state index contributed by atoms with van der Waals surface area (Å²) in [7, 11) is 0. The van der Waals surface area contributed by atoms with Gasteiger partial charge < -0.3 is 0 Å². The Kier molecular flexibility index (Phi) is 4.41. The number of rotatable bonds is 3. The molecule has 1 fully saturated rings. The van der Waals surface area contributed by atoms with Crippen LogP contribution in [0.5, 0.6) is 0 Å². The minimum atomic E-state index is 0.720. The number of piperidine rings is 1. The molecule has 0 bridgehead atoms. The van der Waals surface area contributed by atoms with Crippen molar-refractivity contribution in [2.24, 2.45) is 0 Å². The van der Waals surface area contributed by atoms with Crippen molar-refractivity contribution in [3.63, 3.8) is 0 Å². The minimum absolute atomic E-state index is 0.720. The van der Waals surface area contributed by atoms with Gasteiger partial charge in [0.1, 0.15) is 0 Å². The molecular formula is C12H17IN2. The lowest BCUT2D eigenvalue weighted by molar-refractivity contribution is 0.203. The van der Waals surface area contributed by atoms with E-state index in [2.05, 4.69) is 61.6 Å². The van der Waals surface area contributed by atoms with Crippen molar-refractivity contribution >= 4 is 22.9 Å². The van der Waals surface area contributed by atoms with Gasteiger partial charge in [-0.05, 0) is 31.5 Å². The molecule has 0 radical (unpaired) electrons. The molecule has 15 heavy (non-hydrogen) atoms. The summed E-state index contributed by atoms with van der Waals surface area (Å²) >= 11 is 2.27. The Hall–Kier alpha value is -0.130. The van der Waals surface area contributed by atoms with Crippen LogP contribution in [-0.4, -0.2) is 24.0 Å². The van der Waals surface area contributed by atoms with Gasteiger partial charge in [0.2, 0.25) is 0 Å². The summed E-state index contributed by atoms with van der Waals surface area (Å²) in [6.07, 6.45) is 2.55. The summed E-state index contributed by atoms with van der Waals surface area (Å²) in [6.45, 7) is 3.54. The van der Waals surface area contributed by atoms with Crippen molar-refractivity contribution < 1.29 is 0 Å². The first kappa shape index (κ1) is 11.4. The van der Waals surface area contributed by atoms with Crippen molar-refractivity contribution in [3.8, 4) is 0 Å². The van der Waals surface area contributed by atoms with E-state index in [-0.39, 0.29) is 0 Å². The Labute approximate surface area is 106 Å². The lowest BCUT2D eigenvalue weighted by atomic mass is 10.1. The Morgan fingerprint density at radius 1 is 1.20 bits per heavy atom. The molecule has 0 aliphatic carbocycles. The summed E-state index contributed by atoms with van der Waals surface area (Å²) in [5.41, 5.74) is 1.43. The van der Waals surface area contributed by atoms with Crippen LogP contribution < -0.4 is 3.53 Å². The average molecular weight is 316 g/mol. The number of nitrogens with one attached hydrogen (secondary N) is 1. The highest BCUT2D eigenvalue weighted by molar-refractivity contribution is 14.1. The highest BCUT2D eigenvalue weighted by atomic mass is 127. The second kappa shape index (κ2) is 5.82. The Balaban J connectivity index is 1.82. The van der Waals surface area contributed by atoms with Crippen LogP contribution in [0.4, 0.5) is 0 Å². The Morgan fingerprint density at radius 2 is 1.87 bits per heavy atom. The summed E-state index contributed by atoms with van der Waals surface area (Å²) in [4.78, 5) is 2.54. The van der Waals surface area contributed by atoms with E-state index in [0.717, 1.165) is 12.6 Å². The van der Waals surface area contributed by atoms with Crippen LogP contribution in [0, 0.1) is 0 Å². The van der Waals surface area contributed by atoms with Gasteiger partial charge in [0.15, 0.2) is 0 Å². The van der Waals surface area contributed by atoms with E-state index in [1.165, 1.54) is 31.5 Å². The maximum absolute atomic E-state index is 3.33. The third-order valence-electron chi connectivity index (χ3n) is 2.99. The molecule has 3 heteroatoms. The molecule has 2 rings (SSSR count). The van der Waals surface area contributed by atoms with E-state index in [0.29, 0.717) is 0 Å². The predicted octanol–water partition coefficient (Wildman–Crippen LogP) is 2.59. The molecule has 1 aliphatic rings. The molecular weight excluding hydrogens is 299 g/mol. The van der Waals surface area contributed by atoms with Gasteiger partial charge in [0.25, 0.3) is 0 Å². The van der Waals surface area contributed by atoms with Crippen LogP contribution in [0.2, 0.25) is 0 Å². The highest BCUT2D eigenvalue weighted by Gasteiger charge is 2.17. The second-order valence-corrected chi connectivity index (χ2v) is 4.77.